The molecule has 108 valence electrons. The number of fused-ring (bicyclic) bond motifs is 2. The van der Waals surface area contributed by atoms with Crippen molar-refractivity contribution in [3.63, 3.8) is 0 Å². The molecule has 0 spiro atoms. The SMILES string of the molecule is O=C(Nc1ccc2[nH]c(=O)oc2c1)c1cc2ccccc2o1. The number of rotatable bonds is 2. The van der Waals surface area contributed by atoms with Crippen molar-refractivity contribution in [2.75, 3.05) is 5.32 Å². The fraction of sp³-hybridized carbons (Fsp3) is 0. The predicted octanol–water partition coefficient (Wildman–Crippen LogP) is 3.12. The average Bonchev–Trinajstić information content (AvgIpc) is 3.08. The quantitative estimate of drug-likeness (QED) is 0.594. The Morgan fingerprint density at radius 3 is 2.73 bits per heavy atom. The summed E-state index contributed by atoms with van der Waals surface area (Å²) >= 11 is 0. The number of para-hydroxylation sites is 1. The lowest BCUT2D eigenvalue weighted by molar-refractivity contribution is 0.0998. The van der Waals surface area contributed by atoms with E-state index in [0.29, 0.717) is 22.4 Å². The molecule has 2 heterocycles. The predicted molar refractivity (Wildman–Crippen MR) is 81.0 cm³/mol. The Labute approximate surface area is 123 Å². The van der Waals surface area contributed by atoms with Crippen molar-refractivity contribution in [2.45, 2.75) is 0 Å². The van der Waals surface area contributed by atoms with Crippen LogP contribution in [0.5, 0.6) is 0 Å². The van der Waals surface area contributed by atoms with Crippen molar-refractivity contribution in [1.29, 1.82) is 0 Å². The van der Waals surface area contributed by atoms with Crippen LogP contribution < -0.4 is 11.1 Å². The fourth-order valence-corrected chi connectivity index (χ4v) is 2.31. The van der Waals surface area contributed by atoms with Gasteiger partial charge in [-0.2, -0.15) is 0 Å². The van der Waals surface area contributed by atoms with Crippen molar-refractivity contribution in [2.24, 2.45) is 0 Å². The lowest BCUT2D eigenvalue weighted by atomic mass is 10.2. The van der Waals surface area contributed by atoms with Gasteiger partial charge in [-0.15, -0.1) is 0 Å². The van der Waals surface area contributed by atoms with Crippen LogP contribution in [0.2, 0.25) is 0 Å². The minimum absolute atomic E-state index is 0.219. The number of carbonyl (C=O) groups excluding carboxylic acids is 1. The zero-order chi connectivity index (χ0) is 15.1. The van der Waals surface area contributed by atoms with E-state index in [1.54, 1.807) is 30.3 Å². The van der Waals surface area contributed by atoms with Gasteiger partial charge in [0, 0.05) is 17.1 Å². The van der Waals surface area contributed by atoms with E-state index in [2.05, 4.69) is 10.3 Å². The second-order valence-corrected chi connectivity index (χ2v) is 4.83. The van der Waals surface area contributed by atoms with E-state index < -0.39 is 5.76 Å². The Bertz CT molecular complexity index is 1020. The van der Waals surface area contributed by atoms with Crippen LogP contribution in [0.15, 0.2) is 62.2 Å². The number of nitrogens with one attached hydrogen (secondary N) is 2. The van der Waals surface area contributed by atoms with Crippen LogP contribution in [0.1, 0.15) is 10.6 Å². The highest BCUT2D eigenvalue weighted by molar-refractivity contribution is 6.05. The average molecular weight is 294 g/mol. The van der Waals surface area contributed by atoms with E-state index >= 15 is 0 Å². The van der Waals surface area contributed by atoms with Gasteiger partial charge in [0.05, 0.1) is 5.52 Å². The molecule has 6 heteroatoms. The number of amides is 1. The maximum absolute atomic E-state index is 12.2. The summed E-state index contributed by atoms with van der Waals surface area (Å²) < 4.78 is 10.5. The Morgan fingerprint density at radius 2 is 1.86 bits per heavy atom. The molecule has 0 radical (unpaired) electrons. The monoisotopic (exact) mass is 294 g/mol. The Hall–Kier alpha value is -3.28. The van der Waals surface area contributed by atoms with E-state index in [-0.39, 0.29) is 11.7 Å². The maximum atomic E-state index is 12.2. The summed E-state index contributed by atoms with van der Waals surface area (Å²) in [4.78, 5) is 25.9. The number of oxazole rings is 1. The van der Waals surface area contributed by atoms with Gasteiger partial charge in [0.1, 0.15) is 5.58 Å². The first-order valence-electron chi connectivity index (χ1n) is 6.62. The number of anilines is 1. The number of hydrogen-bond acceptors (Lipinski definition) is 4. The van der Waals surface area contributed by atoms with Crippen LogP contribution in [0.25, 0.3) is 22.1 Å². The molecule has 4 rings (SSSR count). The number of furan rings is 1. The lowest BCUT2D eigenvalue weighted by Crippen LogP contribution is -2.10. The van der Waals surface area contributed by atoms with Gasteiger partial charge in [-0.3, -0.25) is 9.78 Å². The van der Waals surface area contributed by atoms with Gasteiger partial charge in [-0.1, -0.05) is 18.2 Å². The normalized spacial score (nSPS) is 11.1. The highest BCUT2D eigenvalue weighted by Gasteiger charge is 2.13. The van der Waals surface area contributed by atoms with Crippen LogP contribution in [0.3, 0.4) is 0 Å². The van der Waals surface area contributed by atoms with E-state index in [1.807, 2.05) is 18.2 Å². The molecule has 0 aliphatic heterocycles. The molecule has 2 N–H and O–H groups in total. The van der Waals surface area contributed by atoms with Gasteiger partial charge in [-0.05, 0) is 24.3 Å². The third kappa shape index (κ3) is 2.07. The second-order valence-electron chi connectivity index (χ2n) is 4.83. The summed E-state index contributed by atoms with van der Waals surface area (Å²) in [5.74, 6) is -0.680. The van der Waals surface area contributed by atoms with Gasteiger partial charge in [-0.25, -0.2) is 4.79 Å². The Balaban J connectivity index is 1.65. The van der Waals surface area contributed by atoms with Gasteiger partial charge in [0.2, 0.25) is 0 Å². The fourth-order valence-electron chi connectivity index (χ4n) is 2.31. The Morgan fingerprint density at radius 1 is 1.00 bits per heavy atom. The van der Waals surface area contributed by atoms with Crippen LogP contribution in [-0.4, -0.2) is 10.9 Å². The first-order chi connectivity index (χ1) is 10.7. The molecule has 0 unspecified atom stereocenters. The molecule has 2 aromatic heterocycles. The zero-order valence-corrected chi connectivity index (χ0v) is 11.3. The number of carbonyl (C=O) groups is 1. The molecule has 0 aliphatic rings. The Kier molecular flexibility index (Phi) is 2.62. The zero-order valence-electron chi connectivity index (χ0n) is 11.3. The van der Waals surface area contributed by atoms with Crippen molar-refractivity contribution in [1.82, 2.24) is 4.98 Å². The molecule has 0 saturated heterocycles. The minimum atomic E-state index is -0.532. The van der Waals surface area contributed by atoms with Crippen molar-refractivity contribution in [3.8, 4) is 0 Å². The van der Waals surface area contributed by atoms with Gasteiger partial charge in [0.25, 0.3) is 5.91 Å². The molecule has 0 bridgehead atoms. The number of aromatic amines is 1. The first-order valence-corrected chi connectivity index (χ1v) is 6.62. The molecular formula is C16H10N2O4. The molecule has 1 amide bonds. The maximum Gasteiger partial charge on any atom is 0.417 e. The summed E-state index contributed by atoms with van der Waals surface area (Å²) in [5, 5.41) is 3.57. The number of aromatic nitrogens is 1. The van der Waals surface area contributed by atoms with E-state index in [9.17, 15) is 9.59 Å². The van der Waals surface area contributed by atoms with E-state index in [1.165, 1.54) is 0 Å². The molecule has 0 aliphatic carbocycles. The standard InChI is InChI=1S/C16H10N2O4/c19-15(14-7-9-3-1-2-4-12(9)21-14)17-10-5-6-11-13(8-10)22-16(20)18-11/h1-8H,(H,17,19)(H,18,20). The number of H-pyrrole nitrogens is 1. The number of hydrogen-bond donors (Lipinski definition) is 2. The van der Waals surface area contributed by atoms with Crippen molar-refractivity contribution >= 4 is 33.7 Å². The van der Waals surface area contributed by atoms with Crippen LogP contribution >= 0.6 is 0 Å². The van der Waals surface area contributed by atoms with Crippen molar-refractivity contribution < 1.29 is 13.6 Å². The summed E-state index contributed by atoms with van der Waals surface area (Å²) in [6, 6.07) is 14.0. The second kappa shape index (κ2) is 4.63. The molecule has 6 nitrogen and oxygen atoms in total. The van der Waals surface area contributed by atoms with Crippen LogP contribution in [0.4, 0.5) is 5.69 Å². The smallest absolute Gasteiger partial charge is 0.417 e. The molecule has 4 aromatic rings. The van der Waals surface area contributed by atoms with Crippen LogP contribution in [0, 0.1) is 0 Å². The molecule has 2 aromatic carbocycles. The lowest BCUT2D eigenvalue weighted by Gasteiger charge is -2.02. The highest BCUT2D eigenvalue weighted by Crippen LogP contribution is 2.21. The molecule has 0 atom stereocenters. The molecular weight excluding hydrogens is 284 g/mol. The topological polar surface area (TPSA) is 88.2 Å². The van der Waals surface area contributed by atoms with E-state index in [0.717, 1.165) is 5.39 Å². The molecule has 22 heavy (non-hydrogen) atoms. The summed E-state index contributed by atoms with van der Waals surface area (Å²) in [6.07, 6.45) is 0. The molecule has 0 fully saturated rings. The molecule has 0 saturated carbocycles. The third-order valence-electron chi connectivity index (χ3n) is 3.33. The largest absolute Gasteiger partial charge is 0.451 e. The van der Waals surface area contributed by atoms with Gasteiger partial charge in [0.15, 0.2) is 11.3 Å². The minimum Gasteiger partial charge on any atom is -0.451 e. The number of benzene rings is 2. The third-order valence-corrected chi connectivity index (χ3v) is 3.33. The van der Waals surface area contributed by atoms with E-state index in [4.69, 9.17) is 8.83 Å². The highest BCUT2D eigenvalue weighted by atomic mass is 16.4. The summed E-state index contributed by atoms with van der Waals surface area (Å²) in [6.45, 7) is 0. The summed E-state index contributed by atoms with van der Waals surface area (Å²) in [5.41, 5.74) is 2.12. The van der Waals surface area contributed by atoms with Gasteiger partial charge >= 0.3 is 5.76 Å². The van der Waals surface area contributed by atoms with Gasteiger partial charge < -0.3 is 14.2 Å². The van der Waals surface area contributed by atoms with Crippen LogP contribution in [-0.2, 0) is 0 Å². The van der Waals surface area contributed by atoms with Crippen molar-refractivity contribution in [3.05, 3.63) is 64.8 Å². The first kappa shape index (κ1) is 12.5. The summed E-state index contributed by atoms with van der Waals surface area (Å²) in [7, 11) is 0.